The van der Waals surface area contributed by atoms with Crippen LogP contribution in [0.15, 0.2) is 12.1 Å². The number of carbonyl (C=O) groups excluding carboxylic acids is 1. The van der Waals surface area contributed by atoms with Crippen molar-refractivity contribution < 1.29 is 28.6 Å². The number of hydrogen-bond acceptors (Lipinski definition) is 3. The summed E-state index contributed by atoms with van der Waals surface area (Å²) in [5.41, 5.74) is -1.06. The van der Waals surface area contributed by atoms with E-state index in [2.05, 4.69) is 0 Å². The maximum atomic E-state index is 13.5. The van der Waals surface area contributed by atoms with Gasteiger partial charge in [0.1, 0.15) is 17.2 Å². The number of aromatic carboxylic acids is 1. The lowest BCUT2D eigenvalue weighted by atomic mass is 10.1. The maximum Gasteiger partial charge on any atom is 0.340 e. The summed E-state index contributed by atoms with van der Waals surface area (Å²) >= 11 is 0. The third-order valence-electron chi connectivity index (χ3n) is 3.00. The van der Waals surface area contributed by atoms with Gasteiger partial charge in [-0.05, 0) is 6.07 Å². The Morgan fingerprint density at radius 3 is 2.63 bits per heavy atom. The van der Waals surface area contributed by atoms with Crippen LogP contribution in [0.4, 0.5) is 14.5 Å². The van der Waals surface area contributed by atoms with Crippen LogP contribution in [-0.4, -0.2) is 35.2 Å². The fourth-order valence-electron chi connectivity index (χ4n) is 2.12. The quantitative estimate of drug-likeness (QED) is 0.860. The molecule has 0 aromatic heterocycles. The molecule has 0 bridgehead atoms. The molecule has 1 aromatic rings. The molecule has 102 valence electrons. The Morgan fingerprint density at radius 1 is 1.42 bits per heavy atom. The van der Waals surface area contributed by atoms with Gasteiger partial charge < -0.3 is 15.1 Å². The van der Waals surface area contributed by atoms with Crippen LogP contribution in [0, 0.1) is 17.6 Å². The molecule has 1 aliphatic heterocycles. The van der Waals surface area contributed by atoms with Crippen LogP contribution in [0.3, 0.4) is 0 Å². The van der Waals surface area contributed by atoms with Crippen LogP contribution in [0.25, 0.3) is 0 Å². The average molecular weight is 271 g/mol. The summed E-state index contributed by atoms with van der Waals surface area (Å²) < 4.78 is 26.7. The Balaban J connectivity index is 2.50. The van der Waals surface area contributed by atoms with Gasteiger partial charge in [0.2, 0.25) is 5.91 Å². The van der Waals surface area contributed by atoms with Crippen LogP contribution < -0.4 is 4.90 Å². The van der Waals surface area contributed by atoms with Gasteiger partial charge in [0.15, 0.2) is 0 Å². The van der Waals surface area contributed by atoms with E-state index in [1.807, 2.05) is 0 Å². The number of carboxylic acids is 1. The number of benzene rings is 1. The van der Waals surface area contributed by atoms with Crippen LogP contribution in [0.5, 0.6) is 0 Å². The molecular weight excluding hydrogens is 260 g/mol. The van der Waals surface area contributed by atoms with Crippen molar-refractivity contribution in [2.24, 2.45) is 5.92 Å². The minimum Gasteiger partial charge on any atom is -0.478 e. The van der Waals surface area contributed by atoms with E-state index in [0.717, 1.165) is 11.0 Å². The van der Waals surface area contributed by atoms with Gasteiger partial charge in [0.25, 0.3) is 0 Å². The molecule has 0 spiro atoms. The average Bonchev–Trinajstić information content (AvgIpc) is 2.68. The van der Waals surface area contributed by atoms with Gasteiger partial charge in [-0.3, -0.25) is 4.79 Å². The van der Waals surface area contributed by atoms with E-state index in [9.17, 15) is 18.4 Å². The summed E-state index contributed by atoms with van der Waals surface area (Å²) in [6.07, 6.45) is 0.0215. The second-order valence-corrected chi connectivity index (χ2v) is 4.34. The van der Waals surface area contributed by atoms with Crippen LogP contribution >= 0.6 is 0 Å². The van der Waals surface area contributed by atoms with Gasteiger partial charge in [-0.15, -0.1) is 0 Å². The van der Waals surface area contributed by atoms with Crippen molar-refractivity contribution in [3.63, 3.8) is 0 Å². The first kappa shape index (κ1) is 13.4. The van der Waals surface area contributed by atoms with Crippen molar-refractivity contribution in [3.05, 3.63) is 29.3 Å². The number of carboxylic acid groups (broad SMARTS) is 1. The van der Waals surface area contributed by atoms with E-state index in [1.54, 1.807) is 0 Å². The number of hydrogen-bond donors (Lipinski definition) is 2. The minimum atomic E-state index is -1.58. The van der Waals surface area contributed by atoms with Crippen molar-refractivity contribution >= 4 is 17.6 Å². The number of nitrogens with zero attached hydrogens (tertiary/aromatic N) is 1. The summed E-state index contributed by atoms with van der Waals surface area (Å²) in [6, 6.07) is 1.27. The van der Waals surface area contributed by atoms with Crippen LogP contribution in [0.1, 0.15) is 16.8 Å². The Hall–Kier alpha value is -2.02. The van der Waals surface area contributed by atoms with E-state index >= 15 is 0 Å². The highest BCUT2D eigenvalue weighted by atomic mass is 19.1. The number of aliphatic hydroxyl groups excluding tert-OH is 1. The Kier molecular flexibility index (Phi) is 3.48. The highest BCUT2D eigenvalue weighted by Crippen LogP contribution is 2.30. The lowest BCUT2D eigenvalue weighted by Gasteiger charge is -2.19. The lowest BCUT2D eigenvalue weighted by molar-refractivity contribution is -0.117. The molecular formula is C12H11F2NO4. The second kappa shape index (κ2) is 4.93. The predicted octanol–water partition coefficient (Wildman–Crippen LogP) is 1.01. The first-order valence-corrected chi connectivity index (χ1v) is 5.57. The molecule has 2 N–H and O–H groups in total. The summed E-state index contributed by atoms with van der Waals surface area (Å²) in [4.78, 5) is 23.7. The number of carbonyl (C=O) groups is 2. The molecule has 7 heteroatoms. The Morgan fingerprint density at radius 2 is 2.11 bits per heavy atom. The molecule has 1 amide bonds. The van der Waals surface area contributed by atoms with Gasteiger partial charge in [-0.25, -0.2) is 13.6 Å². The molecule has 1 saturated heterocycles. The molecule has 1 atom stereocenters. The number of rotatable bonds is 3. The van der Waals surface area contributed by atoms with Crippen molar-refractivity contribution in [1.29, 1.82) is 0 Å². The SMILES string of the molecule is O=C(O)c1c(F)cc(F)cc1N1CC(CO)CC1=O. The highest BCUT2D eigenvalue weighted by molar-refractivity contribution is 6.03. The largest absolute Gasteiger partial charge is 0.478 e. The van der Waals surface area contributed by atoms with E-state index in [0.29, 0.717) is 6.07 Å². The number of halogens is 2. The zero-order chi connectivity index (χ0) is 14.2. The minimum absolute atomic E-state index is 0.0215. The fraction of sp³-hybridized carbons (Fsp3) is 0.333. The molecule has 0 aliphatic carbocycles. The molecule has 1 aromatic carbocycles. The number of anilines is 1. The third kappa shape index (κ3) is 2.41. The Bertz CT molecular complexity index is 547. The van der Waals surface area contributed by atoms with Gasteiger partial charge in [0.05, 0.1) is 5.69 Å². The predicted molar refractivity (Wildman–Crippen MR) is 60.9 cm³/mol. The molecule has 0 radical (unpaired) electrons. The molecule has 5 nitrogen and oxygen atoms in total. The summed E-state index contributed by atoms with van der Waals surface area (Å²) in [5.74, 6) is -4.60. The molecule has 19 heavy (non-hydrogen) atoms. The maximum absolute atomic E-state index is 13.5. The summed E-state index contributed by atoms with van der Waals surface area (Å²) in [6.45, 7) is -0.207. The monoisotopic (exact) mass is 271 g/mol. The number of amides is 1. The van der Waals surface area contributed by atoms with Crippen molar-refractivity contribution in [2.45, 2.75) is 6.42 Å². The lowest BCUT2D eigenvalue weighted by Crippen LogP contribution is -2.27. The van der Waals surface area contributed by atoms with Gasteiger partial charge in [-0.2, -0.15) is 0 Å². The van der Waals surface area contributed by atoms with Crippen LogP contribution in [0.2, 0.25) is 0 Å². The van der Waals surface area contributed by atoms with Gasteiger partial charge >= 0.3 is 5.97 Å². The van der Waals surface area contributed by atoms with Crippen molar-refractivity contribution in [2.75, 3.05) is 18.1 Å². The molecule has 1 unspecified atom stereocenters. The standard InChI is InChI=1S/C12H11F2NO4/c13-7-2-8(14)11(12(18)19)9(3-7)15-4-6(5-16)1-10(15)17/h2-3,6,16H,1,4-5H2,(H,18,19). The smallest absolute Gasteiger partial charge is 0.340 e. The van der Waals surface area contributed by atoms with Crippen LogP contribution in [-0.2, 0) is 4.79 Å². The van der Waals surface area contributed by atoms with Gasteiger partial charge in [-0.1, -0.05) is 0 Å². The fourth-order valence-corrected chi connectivity index (χ4v) is 2.12. The van der Waals surface area contributed by atoms with Crippen molar-refractivity contribution in [3.8, 4) is 0 Å². The molecule has 1 aliphatic rings. The normalized spacial score (nSPS) is 19.0. The molecule has 1 heterocycles. The summed E-state index contributed by atoms with van der Waals surface area (Å²) in [5, 5.41) is 18.0. The van der Waals surface area contributed by atoms with Crippen molar-refractivity contribution in [1.82, 2.24) is 0 Å². The first-order chi connectivity index (χ1) is 8.93. The van der Waals surface area contributed by atoms with E-state index in [4.69, 9.17) is 10.2 Å². The van der Waals surface area contributed by atoms with E-state index in [-0.39, 0.29) is 31.2 Å². The Labute approximate surface area is 107 Å². The zero-order valence-corrected chi connectivity index (χ0v) is 9.77. The van der Waals surface area contributed by atoms with E-state index < -0.39 is 29.1 Å². The molecule has 0 saturated carbocycles. The third-order valence-corrected chi connectivity index (χ3v) is 3.00. The topological polar surface area (TPSA) is 77.8 Å². The molecule has 1 fully saturated rings. The summed E-state index contributed by atoms with van der Waals surface area (Å²) in [7, 11) is 0. The second-order valence-electron chi connectivity index (χ2n) is 4.34. The molecule has 2 rings (SSSR count). The highest BCUT2D eigenvalue weighted by Gasteiger charge is 2.33. The van der Waals surface area contributed by atoms with E-state index in [1.165, 1.54) is 0 Å². The zero-order valence-electron chi connectivity index (χ0n) is 9.77. The first-order valence-electron chi connectivity index (χ1n) is 5.57. The van der Waals surface area contributed by atoms with Gasteiger partial charge in [0, 0.05) is 31.6 Å². The number of aliphatic hydroxyl groups is 1.